The highest BCUT2D eigenvalue weighted by Crippen LogP contribution is 2.26. The monoisotopic (exact) mass is 344 g/mol. The maximum Gasteiger partial charge on any atom is 0.163 e. The number of hydrogen-bond acceptors (Lipinski definition) is 5. The van der Waals surface area contributed by atoms with E-state index in [1.807, 2.05) is 32.0 Å². The van der Waals surface area contributed by atoms with E-state index in [1.165, 1.54) is 0 Å². The molecule has 0 amide bonds. The van der Waals surface area contributed by atoms with Crippen molar-refractivity contribution in [2.24, 2.45) is 0 Å². The summed E-state index contributed by atoms with van der Waals surface area (Å²) in [6, 6.07) is 6.16. The minimum atomic E-state index is -0.712. The van der Waals surface area contributed by atoms with Crippen molar-refractivity contribution in [3.05, 3.63) is 36.3 Å². The van der Waals surface area contributed by atoms with Crippen LogP contribution < -0.4 is 5.32 Å². The summed E-state index contributed by atoms with van der Waals surface area (Å²) in [5.74, 6) is 2.28. The molecule has 2 aromatic heterocycles. The third-order valence-electron chi connectivity index (χ3n) is 4.41. The molecule has 3 unspecified atom stereocenters. The van der Waals surface area contributed by atoms with Crippen molar-refractivity contribution >= 4 is 16.6 Å². The molecule has 5 nitrogen and oxygen atoms in total. The molecule has 0 spiro atoms. The first-order valence-corrected chi connectivity index (χ1v) is 9.93. The lowest BCUT2D eigenvalue weighted by Gasteiger charge is -2.29. The van der Waals surface area contributed by atoms with E-state index in [0.29, 0.717) is 17.1 Å². The number of aryl methyl sites for hydroxylation is 1. The van der Waals surface area contributed by atoms with Crippen molar-refractivity contribution in [2.75, 3.05) is 11.1 Å². The van der Waals surface area contributed by atoms with E-state index in [0.717, 1.165) is 48.5 Å². The topological polar surface area (TPSA) is 67.8 Å². The van der Waals surface area contributed by atoms with Gasteiger partial charge in [-0.2, -0.15) is 0 Å². The number of pyridine rings is 1. The predicted octanol–water partition coefficient (Wildman–Crippen LogP) is 3.34. The lowest BCUT2D eigenvalue weighted by molar-refractivity contribution is 0.464. The van der Waals surface area contributed by atoms with Crippen molar-refractivity contribution in [3.8, 4) is 11.4 Å². The van der Waals surface area contributed by atoms with Crippen LogP contribution in [0.1, 0.15) is 38.3 Å². The van der Waals surface area contributed by atoms with Gasteiger partial charge in [-0.3, -0.25) is 9.19 Å². The average molecular weight is 344 g/mol. The van der Waals surface area contributed by atoms with Gasteiger partial charge in [0.25, 0.3) is 0 Å². The number of nitrogens with zero attached hydrogens (tertiary/aromatic N) is 3. The largest absolute Gasteiger partial charge is 0.367 e. The van der Waals surface area contributed by atoms with Gasteiger partial charge in [-0.25, -0.2) is 9.97 Å². The summed E-state index contributed by atoms with van der Waals surface area (Å²) in [5.41, 5.74) is 1.84. The van der Waals surface area contributed by atoms with Crippen LogP contribution in [0.3, 0.4) is 0 Å². The van der Waals surface area contributed by atoms with E-state index in [4.69, 9.17) is 0 Å². The zero-order chi connectivity index (χ0) is 16.9. The zero-order valence-corrected chi connectivity index (χ0v) is 15.1. The van der Waals surface area contributed by atoms with Gasteiger partial charge in [-0.15, -0.1) is 0 Å². The van der Waals surface area contributed by atoms with Gasteiger partial charge in [0.1, 0.15) is 5.82 Å². The highest BCUT2D eigenvalue weighted by atomic mass is 32.2. The van der Waals surface area contributed by atoms with Gasteiger partial charge < -0.3 is 5.32 Å². The van der Waals surface area contributed by atoms with Crippen LogP contribution in [0.25, 0.3) is 11.4 Å². The van der Waals surface area contributed by atoms with Crippen LogP contribution in [-0.4, -0.2) is 36.2 Å². The Morgan fingerprint density at radius 3 is 2.96 bits per heavy atom. The first-order valence-electron chi connectivity index (χ1n) is 8.55. The molecule has 0 aliphatic heterocycles. The van der Waals surface area contributed by atoms with Crippen LogP contribution in [0.4, 0.5) is 5.82 Å². The van der Waals surface area contributed by atoms with Gasteiger partial charge in [0, 0.05) is 57.6 Å². The summed E-state index contributed by atoms with van der Waals surface area (Å²) in [5, 5.41) is 3.84. The van der Waals surface area contributed by atoms with E-state index in [1.54, 1.807) is 12.4 Å². The normalized spacial score (nSPS) is 22.1. The molecular weight excluding hydrogens is 320 g/mol. The number of anilines is 1. The minimum absolute atomic E-state index is 0.307. The molecule has 24 heavy (non-hydrogen) atoms. The Balaban J connectivity index is 1.75. The molecule has 1 saturated carbocycles. The molecule has 1 aliphatic carbocycles. The van der Waals surface area contributed by atoms with Crippen molar-refractivity contribution in [1.82, 2.24) is 15.0 Å². The van der Waals surface area contributed by atoms with Crippen molar-refractivity contribution in [1.29, 1.82) is 0 Å². The zero-order valence-electron chi connectivity index (χ0n) is 14.2. The van der Waals surface area contributed by atoms with Gasteiger partial charge >= 0.3 is 0 Å². The summed E-state index contributed by atoms with van der Waals surface area (Å²) in [7, 11) is -0.712. The first kappa shape index (κ1) is 17.0. The molecule has 0 bridgehead atoms. The van der Waals surface area contributed by atoms with E-state index < -0.39 is 10.8 Å². The fourth-order valence-corrected chi connectivity index (χ4v) is 4.57. The maximum absolute atomic E-state index is 12.1. The first-order chi connectivity index (χ1) is 11.7. The van der Waals surface area contributed by atoms with Crippen molar-refractivity contribution in [3.63, 3.8) is 0 Å². The maximum atomic E-state index is 12.1. The Morgan fingerprint density at radius 1 is 1.33 bits per heavy atom. The molecule has 1 fully saturated rings. The predicted molar refractivity (Wildman–Crippen MR) is 98.4 cm³/mol. The lowest BCUT2D eigenvalue weighted by Crippen LogP contribution is -2.33. The second kappa shape index (κ2) is 7.83. The lowest BCUT2D eigenvalue weighted by atomic mass is 9.95. The van der Waals surface area contributed by atoms with Gasteiger partial charge in [-0.1, -0.05) is 13.3 Å². The molecule has 1 aliphatic rings. The van der Waals surface area contributed by atoms with Crippen molar-refractivity contribution < 1.29 is 4.21 Å². The van der Waals surface area contributed by atoms with E-state index in [-0.39, 0.29) is 0 Å². The highest BCUT2D eigenvalue weighted by molar-refractivity contribution is 7.85. The molecular formula is C18H24N4OS. The average Bonchev–Trinajstić information content (AvgIpc) is 2.61. The standard InChI is InChI=1S/C18H24N4OS/c1-3-24(23)16-8-4-7-15(11-16)21-17-10-13(2)20-18(22-17)14-6-5-9-19-12-14/h5-6,9-10,12,15-16H,3-4,7-8,11H2,1-2H3,(H,20,21,22). The number of hydrogen-bond donors (Lipinski definition) is 1. The molecule has 2 heterocycles. The molecule has 6 heteroatoms. The third kappa shape index (κ3) is 4.17. The number of rotatable bonds is 5. The summed E-state index contributed by atoms with van der Waals surface area (Å²) >= 11 is 0. The Bertz CT molecular complexity index is 707. The van der Waals surface area contributed by atoms with Crippen LogP contribution in [0.5, 0.6) is 0 Å². The van der Waals surface area contributed by atoms with Crippen LogP contribution in [0.15, 0.2) is 30.6 Å². The fraction of sp³-hybridized carbons (Fsp3) is 0.500. The molecule has 0 radical (unpaired) electrons. The summed E-state index contributed by atoms with van der Waals surface area (Å²) in [6.45, 7) is 3.98. The molecule has 0 aromatic carbocycles. The van der Waals surface area contributed by atoms with Gasteiger partial charge in [0.05, 0.1) is 0 Å². The second-order valence-electron chi connectivity index (χ2n) is 6.26. The molecule has 3 rings (SSSR count). The SMILES string of the molecule is CCS(=O)C1CCCC(Nc2cc(C)nc(-c3cccnc3)n2)C1. The quantitative estimate of drug-likeness (QED) is 0.901. The summed E-state index contributed by atoms with van der Waals surface area (Å²) in [4.78, 5) is 13.3. The highest BCUT2D eigenvalue weighted by Gasteiger charge is 2.25. The number of nitrogens with one attached hydrogen (secondary N) is 1. The number of aromatic nitrogens is 3. The fourth-order valence-electron chi connectivity index (χ4n) is 3.23. The van der Waals surface area contributed by atoms with E-state index in [2.05, 4.69) is 20.3 Å². The van der Waals surface area contributed by atoms with Crippen LogP contribution in [0.2, 0.25) is 0 Å². The Morgan fingerprint density at radius 2 is 2.21 bits per heavy atom. The van der Waals surface area contributed by atoms with Gasteiger partial charge in [-0.05, 0) is 38.3 Å². The van der Waals surface area contributed by atoms with Gasteiger partial charge in [0.15, 0.2) is 5.82 Å². The second-order valence-corrected chi connectivity index (χ2v) is 8.26. The Hall–Kier alpha value is -1.82. The van der Waals surface area contributed by atoms with Gasteiger partial charge in [0.2, 0.25) is 0 Å². The Labute approximate surface area is 145 Å². The van der Waals surface area contributed by atoms with Crippen LogP contribution in [0, 0.1) is 6.92 Å². The summed E-state index contributed by atoms with van der Waals surface area (Å²) < 4.78 is 12.1. The van der Waals surface area contributed by atoms with Crippen LogP contribution >= 0.6 is 0 Å². The van der Waals surface area contributed by atoms with E-state index >= 15 is 0 Å². The van der Waals surface area contributed by atoms with Crippen LogP contribution in [-0.2, 0) is 10.8 Å². The molecule has 2 aromatic rings. The minimum Gasteiger partial charge on any atom is -0.367 e. The molecule has 0 saturated heterocycles. The summed E-state index contributed by atoms with van der Waals surface area (Å²) in [6.07, 6.45) is 7.76. The molecule has 128 valence electrons. The van der Waals surface area contributed by atoms with E-state index in [9.17, 15) is 4.21 Å². The smallest absolute Gasteiger partial charge is 0.163 e. The van der Waals surface area contributed by atoms with Crippen molar-refractivity contribution in [2.45, 2.75) is 50.8 Å². The molecule has 1 N–H and O–H groups in total. The molecule has 3 atom stereocenters. The Kier molecular flexibility index (Phi) is 5.56. The third-order valence-corrected chi connectivity index (χ3v) is 6.15.